The van der Waals surface area contributed by atoms with Crippen molar-refractivity contribution in [3.05, 3.63) is 51.7 Å². The molecule has 5 heterocycles. The Hall–Kier alpha value is -1.99. The molecule has 0 aromatic carbocycles. The van der Waals surface area contributed by atoms with Gasteiger partial charge in [-0.2, -0.15) is 0 Å². The minimum Gasteiger partial charge on any atom is -0.379 e. The number of rotatable bonds is 4. The molecule has 1 fully saturated rings. The minimum atomic E-state index is 0.130. The average molecular weight is 454 g/mol. The lowest BCUT2D eigenvalue weighted by atomic mass is 9.99. The smallest absolute Gasteiger partial charge is 0.160 e. The van der Waals surface area contributed by atoms with Crippen molar-refractivity contribution in [2.24, 2.45) is 0 Å². The Bertz CT molecular complexity index is 1080. The van der Waals surface area contributed by atoms with Gasteiger partial charge in [-0.05, 0) is 56.5 Å². The summed E-state index contributed by atoms with van der Waals surface area (Å²) in [6, 6.07) is 6.86. The van der Waals surface area contributed by atoms with Crippen LogP contribution in [0.4, 0.5) is 0 Å². The fourth-order valence-electron chi connectivity index (χ4n) is 4.92. The molecule has 1 atom stereocenters. The largest absolute Gasteiger partial charge is 0.379 e. The summed E-state index contributed by atoms with van der Waals surface area (Å²) in [6.07, 6.45) is 3.38. The second kappa shape index (κ2) is 9.87. The van der Waals surface area contributed by atoms with Gasteiger partial charge in [-0.15, -0.1) is 11.3 Å². The molecule has 0 radical (unpaired) electrons. The third kappa shape index (κ3) is 4.29. The van der Waals surface area contributed by atoms with E-state index in [9.17, 15) is 4.79 Å². The van der Waals surface area contributed by atoms with Crippen LogP contribution < -0.4 is 5.32 Å². The average Bonchev–Trinajstić information content (AvgIpc) is 3.44. The van der Waals surface area contributed by atoms with Crippen molar-refractivity contribution in [3.63, 3.8) is 0 Å². The first-order valence-electron chi connectivity index (χ1n) is 11.8. The number of fused-ring (bicyclic) bond motifs is 2. The van der Waals surface area contributed by atoms with Gasteiger partial charge in [-0.1, -0.05) is 13.8 Å². The predicted molar refractivity (Wildman–Crippen MR) is 133 cm³/mol. The number of pyridine rings is 1. The number of ether oxygens (including phenoxy) is 1. The third-order valence-electron chi connectivity index (χ3n) is 6.58. The van der Waals surface area contributed by atoms with E-state index in [0.29, 0.717) is 0 Å². The van der Waals surface area contributed by atoms with E-state index in [4.69, 9.17) is 4.74 Å². The first-order chi connectivity index (χ1) is 15.5. The van der Waals surface area contributed by atoms with Crippen molar-refractivity contribution in [1.82, 2.24) is 14.6 Å². The number of thiophene rings is 1. The monoisotopic (exact) mass is 453 g/mol. The molecule has 0 aliphatic carbocycles. The lowest BCUT2D eigenvalue weighted by Crippen LogP contribution is -2.39. The highest BCUT2D eigenvalue weighted by Gasteiger charge is 2.25. The van der Waals surface area contributed by atoms with Crippen LogP contribution in [0, 0.1) is 6.92 Å². The van der Waals surface area contributed by atoms with Crippen LogP contribution in [0.3, 0.4) is 0 Å². The van der Waals surface area contributed by atoms with Crippen molar-refractivity contribution in [1.29, 1.82) is 0 Å². The zero-order valence-electron chi connectivity index (χ0n) is 20.0. The van der Waals surface area contributed by atoms with Gasteiger partial charge in [0.15, 0.2) is 5.78 Å². The van der Waals surface area contributed by atoms with Crippen molar-refractivity contribution < 1.29 is 9.53 Å². The van der Waals surface area contributed by atoms with Crippen molar-refractivity contribution in [2.45, 2.75) is 53.6 Å². The number of nitrogens with zero attached hydrogens (tertiary/aromatic N) is 2. The SMILES string of the molecule is CC.CC(=O)c1cc2cc(-c3cc4c(s3)CCNC4)cn2c(C(C)N2CCOCC2)c1C. The number of hydrogen-bond donors (Lipinski definition) is 1. The number of ketones is 1. The fourth-order valence-corrected chi connectivity index (χ4v) is 6.08. The lowest BCUT2D eigenvalue weighted by molar-refractivity contribution is 0.0187. The van der Waals surface area contributed by atoms with E-state index in [2.05, 4.69) is 52.9 Å². The van der Waals surface area contributed by atoms with E-state index >= 15 is 0 Å². The highest BCUT2D eigenvalue weighted by molar-refractivity contribution is 7.15. The van der Waals surface area contributed by atoms with E-state index < -0.39 is 0 Å². The molecule has 5 rings (SSSR count). The third-order valence-corrected chi connectivity index (χ3v) is 7.87. The summed E-state index contributed by atoms with van der Waals surface area (Å²) in [7, 11) is 0. The molecular weight excluding hydrogens is 418 g/mol. The Kier molecular flexibility index (Phi) is 7.15. The number of carbonyl (C=O) groups excluding carboxylic acids is 1. The van der Waals surface area contributed by atoms with E-state index in [0.717, 1.165) is 62.5 Å². The maximum atomic E-state index is 12.4. The molecule has 172 valence electrons. The molecule has 2 aliphatic rings. The summed E-state index contributed by atoms with van der Waals surface area (Å²) >= 11 is 1.91. The molecule has 6 heteroatoms. The van der Waals surface area contributed by atoms with Gasteiger partial charge in [0.2, 0.25) is 0 Å². The van der Waals surface area contributed by atoms with E-state index in [1.54, 1.807) is 6.92 Å². The van der Waals surface area contributed by atoms with Crippen molar-refractivity contribution >= 4 is 22.6 Å². The molecule has 2 aliphatic heterocycles. The molecule has 5 nitrogen and oxygen atoms in total. The van der Waals surface area contributed by atoms with Crippen LogP contribution >= 0.6 is 11.3 Å². The van der Waals surface area contributed by atoms with E-state index in [1.165, 1.54) is 26.6 Å². The standard InChI is InChI=1S/C24H29N3O2S.C2H6/c1-15-21(17(3)28)12-20-10-19(23-11-18-13-25-5-4-22(18)30-23)14-27(20)24(15)16(2)26-6-8-29-9-7-26;1-2/h10-12,14,16,25H,4-9,13H2,1-3H3;1-2H3. The van der Waals surface area contributed by atoms with Gasteiger partial charge in [0, 0.05) is 70.5 Å². The van der Waals surface area contributed by atoms with Crippen LogP contribution in [-0.4, -0.2) is 47.9 Å². The molecule has 0 saturated carbocycles. The van der Waals surface area contributed by atoms with Gasteiger partial charge >= 0.3 is 0 Å². The van der Waals surface area contributed by atoms with Gasteiger partial charge in [0.25, 0.3) is 0 Å². The van der Waals surface area contributed by atoms with E-state index in [-0.39, 0.29) is 11.8 Å². The molecule has 0 spiro atoms. The Morgan fingerprint density at radius 1 is 1.19 bits per heavy atom. The van der Waals surface area contributed by atoms with Gasteiger partial charge in [-0.25, -0.2) is 0 Å². The van der Waals surface area contributed by atoms with Gasteiger partial charge in [0.05, 0.1) is 13.2 Å². The number of Topliss-reactive ketones (excluding diaryl/α,β-unsaturated/α-hetero) is 1. The normalized spacial score (nSPS) is 17.5. The Morgan fingerprint density at radius 3 is 2.62 bits per heavy atom. The summed E-state index contributed by atoms with van der Waals surface area (Å²) in [5.74, 6) is 0.130. The van der Waals surface area contributed by atoms with Crippen molar-refractivity contribution in [3.8, 4) is 10.4 Å². The second-order valence-corrected chi connectivity index (χ2v) is 9.59. The van der Waals surface area contributed by atoms with Gasteiger partial charge in [-0.3, -0.25) is 9.69 Å². The Morgan fingerprint density at radius 2 is 1.94 bits per heavy atom. The van der Waals surface area contributed by atoms with Crippen LogP contribution in [0.2, 0.25) is 0 Å². The molecule has 32 heavy (non-hydrogen) atoms. The molecule has 3 aromatic heterocycles. The lowest BCUT2D eigenvalue weighted by Gasteiger charge is -2.34. The summed E-state index contributed by atoms with van der Waals surface area (Å²) in [5, 5.41) is 3.47. The van der Waals surface area contributed by atoms with Crippen LogP contribution in [-0.2, 0) is 17.7 Å². The molecule has 1 saturated heterocycles. The van der Waals surface area contributed by atoms with Gasteiger partial charge in [0.1, 0.15) is 0 Å². The Labute approximate surface area is 195 Å². The maximum Gasteiger partial charge on any atom is 0.160 e. The zero-order chi connectivity index (χ0) is 22.8. The summed E-state index contributed by atoms with van der Waals surface area (Å²) in [5.41, 5.74) is 6.90. The maximum absolute atomic E-state index is 12.4. The topological polar surface area (TPSA) is 46.0 Å². The first kappa shape index (κ1) is 23.2. The quantitative estimate of drug-likeness (QED) is 0.549. The number of morpholine rings is 1. The number of nitrogens with one attached hydrogen (secondary N) is 1. The van der Waals surface area contributed by atoms with Crippen LogP contribution in [0.1, 0.15) is 65.8 Å². The zero-order valence-corrected chi connectivity index (χ0v) is 20.8. The first-order valence-corrected chi connectivity index (χ1v) is 12.7. The predicted octanol–water partition coefficient (Wildman–Crippen LogP) is 5.24. The molecular formula is C26H35N3O2S. The number of hydrogen-bond acceptors (Lipinski definition) is 5. The highest BCUT2D eigenvalue weighted by Crippen LogP contribution is 2.36. The number of aromatic nitrogens is 1. The molecule has 1 N–H and O–H groups in total. The molecule has 0 bridgehead atoms. The highest BCUT2D eigenvalue weighted by atomic mass is 32.1. The Balaban J connectivity index is 0.00000119. The summed E-state index contributed by atoms with van der Waals surface area (Å²) in [4.78, 5) is 17.7. The molecule has 0 amide bonds. The van der Waals surface area contributed by atoms with Gasteiger partial charge < -0.3 is 14.5 Å². The summed E-state index contributed by atoms with van der Waals surface area (Å²) in [6.45, 7) is 15.4. The minimum absolute atomic E-state index is 0.130. The molecule has 1 unspecified atom stereocenters. The van der Waals surface area contributed by atoms with Crippen LogP contribution in [0.25, 0.3) is 16.0 Å². The molecule has 3 aromatic rings. The fraction of sp³-hybridized carbons (Fsp3) is 0.500. The second-order valence-electron chi connectivity index (χ2n) is 8.46. The van der Waals surface area contributed by atoms with Crippen LogP contribution in [0.5, 0.6) is 0 Å². The van der Waals surface area contributed by atoms with E-state index in [1.807, 2.05) is 25.2 Å². The summed E-state index contributed by atoms with van der Waals surface area (Å²) < 4.78 is 7.87. The van der Waals surface area contributed by atoms with Crippen molar-refractivity contribution in [2.75, 3.05) is 32.8 Å². The van der Waals surface area contributed by atoms with Crippen LogP contribution in [0.15, 0.2) is 24.4 Å². The number of carbonyl (C=O) groups is 1.